The number of nitrogens with zero attached hydrogens (tertiary/aromatic N) is 1. The number of halogens is 2. The Balaban J connectivity index is 2.05. The molecule has 0 unspecified atom stereocenters. The third kappa shape index (κ3) is 3.86. The van der Waals surface area contributed by atoms with Crippen LogP contribution < -0.4 is 4.74 Å². The Kier molecular flexibility index (Phi) is 5.28. The number of ether oxygens (including phenoxy) is 1. The van der Waals surface area contributed by atoms with Crippen LogP contribution in [0, 0.1) is 24.0 Å². The van der Waals surface area contributed by atoms with Crippen LogP contribution in [0.15, 0.2) is 48.5 Å². The van der Waals surface area contributed by atoms with Crippen LogP contribution >= 0.6 is 23.2 Å². The number of rotatable bonds is 5. The standard InChI is InChI=1S/C21H15Cl2NO4/c1-12-7-15(17-6-4-3-5-14(17)11-25)8-13(2)20(12)28-21-18(22)9-16(24(26)27)10-19(21)23/h3-11H,1-2H3/i11D. The molecule has 0 spiro atoms. The van der Waals surface area contributed by atoms with E-state index in [0.29, 0.717) is 16.9 Å². The van der Waals surface area contributed by atoms with Crippen molar-refractivity contribution in [3.63, 3.8) is 0 Å². The van der Waals surface area contributed by atoms with Gasteiger partial charge in [0.15, 0.2) is 12.0 Å². The second-order valence-electron chi connectivity index (χ2n) is 6.18. The third-order valence-electron chi connectivity index (χ3n) is 4.21. The smallest absolute Gasteiger partial charge is 0.272 e. The summed E-state index contributed by atoms with van der Waals surface area (Å²) in [5.74, 6) is 0.626. The molecule has 3 aromatic carbocycles. The molecule has 0 aromatic heterocycles. The third-order valence-corrected chi connectivity index (χ3v) is 4.77. The molecule has 0 N–H and O–H groups in total. The van der Waals surface area contributed by atoms with Gasteiger partial charge in [0.1, 0.15) is 7.12 Å². The second-order valence-corrected chi connectivity index (χ2v) is 7.00. The lowest BCUT2D eigenvalue weighted by Gasteiger charge is -2.16. The minimum atomic E-state index is -0.763. The summed E-state index contributed by atoms with van der Waals surface area (Å²) in [5, 5.41) is 11.0. The van der Waals surface area contributed by atoms with Gasteiger partial charge in [-0.25, -0.2) is 0 Å². The highest BCUT2D eigenvalue weighted by Crippen LogP contribution is 2.42. The highest BCUT2D eigenvalue weighted by atomic mass is 35.5. The van der Waals surface area contributed by atoms with Gasteiger partial charge in [-0.05, 0) is 48.2 Å². The van der Waals surface area contributed by atoms with E-state index in [1.54, 1.807) is 24.3 Å². The van der Waals surface area contributed by atoms with E-state index in [1.165, 1.54) is 12.1 Å². The quantitative estimate of drug-likeness (QED) is 0.260. The average Bonchev–Trinajstić information content (AvgIpc) is 2.65. The van der Waals surface area contributed by atoms with E-state index in [9.17, 15) is 14.9 Å². The monoisotopic (exact) mass is 416 g/mol. The van der Waals surface area contributed by atoms with Gasteiger partial charge in [0, 0.05) is 17.7 Å². The SMILES string of the molecule is [2H]C(=O)c1ccccc1-c1cc(C)c(Oc2c(Cl)cc([N+](=O)[O-])cc2Cl)c(C)c1. The number of hydrogen-bond donors (Lipinski definition) is 0. The molecule has 0 atom stereocenters. The zero-order valence-corrected chi connectivity index (χ0v) is 16.5. The van der Waals surface area contributed by atoms with Gasteiger partial charge >= 0.3 is 0 Å². The molecule has 0 radical (unpaired) electrons. The van der Waals surface area contributed by atoms with Gasteiger partial charge in [0.2, 0.25) is 0 Å². The van der Waals surface area contributed by atoms with Crippen molar-refractivity contribution >= 4 is 35.2 Å². The largest absolute Gasteiger partial charge is 0.454 e. The molecule has 28 heavy (non-hydrogen) atoms. The van der Waals surface area contributed by atoms with Crippen LogP contribution in [0.2, 0.25) is 10.0 Å². The first-order chi connectivity index (χ1) is 13.7. The lowest BCUT2D eigenvalue weighted by atomic mass is 9.96. The fraction of sp³-hybridized carbons (Fsp3) is 0.0952. The van der Waals surface area contributed by atoms with E-state index < -0.39 is 11.2 Å². The van der Waals surface area contributed by atoms with Gasteiger partial charge in [-0.3, -0.25) is 14.9 Å². The summed E-state index contributed by atoms with van der Waals surface area (Å²) in [5.41, 5.74) is 2.99. The number of aryl methyl sites for hydroxylation is 2. The van der Waals surface area contributed by atoms with Crippen LogP contribution in [0.3, 0.4) is 0 Å². The summed E-state index contributed by atoms with van der Waals surface area (Å²) in [4.78, 5) is 22.0. The Morgan fingerprint density at radius 2 is 1.61 bits per heavy atom. The highest BCUT2D eigenvalue weighted by molar-refractivity contribution is 6.37. The van der Waals surface area contributed by atoms with Crippen LogP contribution in [0.4, 0.5) is 5.69 Å². The predicted octanol–water partition coefficient (Wildman–Crippen LogP) is 6.79. The summed E-state index contributed by atoms with van der Waals surface area (Å²) >= 11 is 12.3. The molecule has 0 saturated carbocycles. The number of carbonyl (C=O) groups is 1. The molecule has 0 amide bonds. The van der Waals surface area contributed by atoms with Crippen molar-refractivity contribution in [3.8, 4) is 22.6 Å². The number of aldehydes is 1. The Hall–Kier alpha value is -2.89. The van der Waals surface area contributed by atoms with Crippen LogP contribution in [-0.4, -0.2) is 11.2 Å². The average molecular weight is 417 g/mol. The number of non-ortho nitro benzene ring substituents is 1. The van der Waals surface area contributed by atoms with Crippen molar-refractivity contribution in [2.24, 2.45) is 0 Å². The first-order valence-electron chi connectivity index (χ1n) is 8.72. The Labute approximate surface area is 173 Å². The molecule has 3 aromatic rings. The Bertz CT molecular complexity index is 1100. The number of hydrogen-bond acceptors (Lipinski definition) is 4. The molecule has 3 rings (SSSR count). The van der Waals surface area contributed by atoms with Crippen molar-refractivity contribution < 1.29 is 15.8 Å². The van der Waals surface area contributed by atoms with Crippen LogP contribution in [0.5, 0.6) is 11.5 Å². The molecule has 7 heteroatoms. The lowest BCUT2D eigenvalue weighted by Crippen LogP contribution is -1.96. The minimum Gasteiger partial charge on any atom is -0.454 e. The summed E-state index contributed by atoms with van der Waals surface area (Å²) in [6.07, 6.45) is -0.763. The van der Waals surface area contributed by atoms with E-state index in [4.69, 9.17) is 29.3 Å². The fourth-order valence-corrected chi connectivity index (χ4v) is 3.49. The molecular weight excluding hydrogens is 401 g/mol. The van der Waals surface area contributed by atoms with Gasteiger partial charge in [0.05, 0.1) is 15.0 Å². The van der Waals surface area contributed by atoms with Crippen molar-refractivity contribution in [1.82, 2.24) is 0 Å². The molecular formula is C21H15Cl2NO4. The normalized spacial score (nSPS) is 11.1. The topological polar surface area (TPSA) is 69.4 Å². The molecule has 5 nitrogen and oxygen atoms in total. The maximum atomic E-state index is 11.6. The van der Waals surface area contributed by atoms with E-state index in [2.05, 4.69) is 0 Å². The van der Waals surface area contributed by atoms with E-state index in [1.807, 2.05) is 26.0 Å². The van der Waals surface area contributed by atoms with Crippen LogP contribution in [0.25, 0.3) is 11.1 Å². The molecule has 0 aliphatic rings. The van der Waals surface area contributed by atoms with E-state index in [-0.39, 0.29) is 21.5 Å². The molecule has 142 valence electrons. The maximum absolute atomic E-state index is 11.6. The van der Waals surface area contributed by atoms with Crippen molar-refractivity contribution in [2.75, 3.05) is 0 Å². The highest BCUT2D eigenvalue weighted by Gasteiger charge is 2.18. The van der Waals surface area contributed by atoms with Gasteiger partial charge in [-0.1, -0.05) is 47.5 Å². The zero-order valence-electron chi connectivity index (χ0n) is 16.0. The fourth-order valence-electron chi connectivity index (χ4n) is 2.94. The molecule has 0 fully saturated rings. The van der Waals surface area contributed by atoms with Crippen molar-refractivity contribution in [2.45, 2.75) is 13.8 Å². The van der Waals surface area contributed by atoms with Crippen LogP contribution in [-0.2, 0) is 0 Å². The van der Waals surface area contributed by atoms with Gasteiger partial charge in [-0.2, -0.15) is 0 Å². The summed E-state index contributed by atoms with van der Waals surface area (Å²) in [6.45, 7) is 3.65. The zero-order chi connectivity index (χ0) is 21.3. The first-order valence-corrected chi connectivity index (χ1v) is 8.97. The first kappa shape index (κ1) is 18.5. The number of nitro benzene ring substituents is 1. The van der Waals surface area contributed by atoms with Gasteiger partial charge < -0.3 is 4.74 Å². The van der Waals surface area contributed by atoms with Gasteiger partial charge in [0.25, 0.3) is 5.69 Å². The molecule has 0 saturated heterocycles. The van der Waals surface area contributed by atoms with Crippen molar-refractivity contribution in [1.29, 1.82) is 0 Å². The van der Waals surface area contributed by atoms with Gasteiger partial charge in [-0.15, -0.1) is 0 Å². The lowest BCUT2D eigenvalue weighted by molar-refractivity contribution is -0.384. The number of carbonyl (C=O) groups excluding carboxylic acids is 1. The van der Waals surface area contributed by atoms with E-state index in [0.717, 1.165) is 16.7 Å². The summed E-state index contributed by atoms with van der Waals surface area (Å²) in [6, 6.07) is 12.9. The Morgan fingerprint density at radius 1 is 1.04 bits per heavy atom. The number of nitro groups is 1. The maximum Gasteiger partial charge on any atom is 0.272 e. The summed E-state index contributed by atoms with van der Waals surface area (Å²) < 4.78 is 13.4. The summed E-state index contributed by atoms with van der Waals surface area (Å²) in [7, 11) is 0. The van der Waals surface area contributed by atoms with E-state index >= 15 is 0 Å². The molecule has 0 aliphatic heterocycles. The predicted molar refractivity (Wildman–Crippen MR) is 110 cm³/mol. The number of benzene rings is 3. The van der Waals surface area contributed by atoms with Crippen molar-refractivity contribution in [3.05, 3.63) is 85.4 Å². The minimum absolute atomic E-state index is 0.0252. The van der Waals surface area contributed by atoms with Crippen LogP contribution in [0.1, 0.15) is 22.9 Å². The second kappa shape index (κ2) is 8.00. The molecule has 0 heterocycles. The molecule has 0 bridgehead atoms. The molecule has 0 aliphatic carbocycles. The Morgan fingerprint density at radius 3 is 2.14 bits per heavy atom.